The molecule has 0 amide bonds. The first-order chi connectivity index (χ1) is 11.0. The lowest BCUT2D eigenvalue weighted by atomic mass is 9.57. The van der Waals surface area contributed by atoms with E-state index >= 15 is 0 Å². The fraction of sp³-hybridized carbons (Fsp3) is 0.611. The second kappa shape index (κ2) is 4.94. The summed E-state index contributed by atoms with van der Waals surface area (Å²) in [4.78, 5) is 11.3. The summed E-state index contributed by atoms with van der Waals surface area (Å²) in [6, 6.07) is 5.10. The van der Waals surface area contributed by atoms with Gasteiger partial charge in [0.2, 0.25) is 0 Å². The highest BCUT2D eigenvalue weighted by molar-refractivity contribution is 6.00. The summed E-state index contributed by atoms with van der Waals surface area (Å²) in [5.41, 5.74) is 0.235. The minimum Gasteiger partial charge on any atom is -0.507 e. The third kappa shape index (κ3) is 1.84. The van der Waals surface area contributed by atoms with Gasteiger partial charge in [-0.15, -0.1) is 0 Å². The van der Waals surface area contributed by atoms with Crippen LogP contribution in [0, 0.1) is 10.8 Å². The maximum absolute atomic E-state index is 10.4. The molecule has 2 aliphatic heterocycles. The molecule has 0 aliphatic carbocycles. The minimum atomic E-state index is -1.07. The van der Waals surface area contributed by atoms with Crippen LogP contribution in [0.2, 0.25) is 0 Å². The molecule has 6 heteroatoms. The molecule has 2 heterocycles. The van der Waals surface area contributed by atoms with Gasteiger partial charge in [0.05, 0.1) is 12.3 Å². The van der Waals surface area contributed by atoms with Crippen molar-refractivity contribution < 1.29 is 24.8 Å². The number of rotatable bonds is 2. The zero-order valence-electron chi connectivity index (χ0n) is 15.0. The van der Waals surface area contributed by atoms with Gasteiger partial charge in [-0.3, -0.25) is 0 Å². The van der Waals surface area contributed by atoms with Gasteiger partial charge in [-0.1, -0.05) is 45.8 Å². The number of aromatic hydroxyl groups is 1. The number of nitrogens with zero attached hydrogens (tertiary/aromatic N) is 1. The molecule has 0 bridgehead atoms. The Kier molecular flexibility index (Phi) is 3.54. The van der Waals surface area contributed by atoms with E-state index in [2.05, 4.69) is 39.8 Å². The maximum Gasteiger partial charge on any atom is 0.261 e. The highest BCUT2D eigenvalue weighted by Gasteiger charge is 2.81. The largest absolute Gasteiger partial charge is 0.507 e. The Morgan fingerprint density at radius 1 is 1.21 bits per heavy atom. The van der Waals surface area contributed by atoms with Crippen LogP contribution in [-0.4, -0.2) is 28.2 Å². The van der Waals surface area contributed by atoms with Crippen LogP contribution in [0.4, 0.5) is 0 Å². The van der Waals surface area contributed by atoms with Crippen molar-refractivity contribution in [1.29, 1.82) is 0 Å². The Labute approximate surface area is 142 Å². The second-order valence-electron chi connectivity index (χ2n) is 8.30. The molecule has 0 radical (unpaired) electrons. The highest BCUT2D eigenvalue weighted by Crippen LogP contribution is 2.69. The van der Waals surface area contributed by atoms with E-state index in [1.807, 2.05) is 6.07 Å². The normalized spacial score (nSPS) is 32.3. The van der Waals surface area contributed by atoms with Crippen LogP contribution in [0.1, 0.15) is 52.7 Å². The first-order valence-electron chi connectivity index (χ1n) is 8.06. The number of phenolic OH excluding ortho intramolecular Hbond substituents is 1. The molecule has 0 saturated carbocycles. The first kappa shape index (κ1) is 17.2. The lowest BCUT2D eigenvalue weighted by molar-refractivity contribution is -0.626. The van der Waals surface area contributed by atoms with E-state index in [1.54, 1.807) is 19.1 Å². The van der Waals surface area contributed by atoms with Gasteiger partial charge in [0, 0.05) is 22.0 Å². The van der Waals surface area contributed by atoms with Crippen LogP contribution in [0.3, 0.4) is 0 Å². The van der Waals surface area contributed by atoms with Gasteiger partial charge < -0.3 is 15.1 Å². The minimum absolute atomic E-state index is 0.00351. The average molecular weight is 335 g/mol. The third-order valence-electron chi connectivity index (χ3n) is 5.31. The Bertz CT molecular complexity index is 706. The Morgan fingerprint density at radius 3 is 2.33 bits per heavy atom. The summed E-state index contributed by atoms with van der Waals surface area (Å²) in [7, 11) is 0. The van der Waals surface area contributed by atoms with E-state index < -0.39 is 11.4 Å². The maximum atomic E-state index is 10.4. The molecule has 132 valence electrons. The van der Waals surface area contributed by atoms with Crippen LogP contribution in [0.15, 0.2) is 23.4 Å². The van der Waals surface area contributed by atoms with Crippen molar-refractivity contribution in [3.05, 3.63) is 29.3 Å². The fourth-order valence-electron chi connectivity index (χ4n) is 4.33. The summed E-state index contributed by atoms with van der Waals surface area (Å²) in [5.74, 6) is -1.07. The molecule has 1 aromatic rings. The van der Waals surface area contributed by atoms with Crippen molar-refractivity contribution in [2.24, 2.45) is 16.0 Å². The monoisotopic (exact) mass is 335 g/mol. The molecule has 24 heavy (non-hydrogen) atoms. The summed E-state index contributed by atoms with van der Waals surface area (Å²) < 4.78 is 6.11. The van der Waals surface area contributed by atoms with E-state index in [1.165, 1.54) is 0 Å². The van der Waals surface area contributed by atoms with Gasteiger partial charge in [0.25, 0.3) is 5.79 Å². The van der Waals surface area contributed by atoms with E-state index in [9.17, 15) is 5.11 Å². The third-order valence-corrected chi connectivity index (χ3v) is 5.31. The van der Waals surface area contributed by atoms with Gasteiger partial charge >= 0.3 is 0 Å². The molecule has 6 nitrogen and oxygen atoms in total. The molecule has 2 unspecified atom stereocenters. The number of phenols is 1. The molecule has 2 saturated heterocycles. The summed E-state index contributed by atoms with van der Waals surface area (Å²) in [6.07, 6.45) is 0. The Balaban J connectivity index is 2.14. The van der Waals surface area contributed by atoms with Crippen LogP contribution in [-0.2, 0) is 20.3 Å². The van der Waals surface area contributed by atoms with Crippen molar-refractivity contribution in [2.75, 3.05) is 6.61 Å². The van der Waals surface area contributed by atoms with Crippen LogP contribution in [0.5, 0.6) is 5.75 Å². The number of benzene rings is 1. The lowest BCUT2D eigenvalue weighted by Gasteiger charge is -2.61. The van der Waals surface area contributed by atoms with Crippen molar-refractivity contribution in [1.82, 2.24) is 0 Å². The zero-order valence-corrected chi connectivity index (χ0v) is 15.0. The molecular weight excluding hydrogens is 310 g/mol. The lowest BCUT2D eigenvalue weighted by Crippen LogP contribution is -2.73. The van der Waals surface area contributed by atoms with Crippen LogP contribution >= 0.6 is 0 Å². The topological polar surface area (TPSA) is 80.5 Å². The van der Waals surface area contributed by atoms with Crippen molar-refractivity contribution >= 4 is 5.71 Å². The second-order valence-corrected chi connectivity index (χ2v) is 8.30. The molecule has 0 spiro atoms. The smallest absolute Gasteiger partial charge is 0.261 e. The number of hydrogen-bond donors (Lipinski definition) is 2. The van der Waals surface area contributed by atoms with Crippen LogP contribution < -0.4 is 0 Å². The standard InChI is InChI=1S/C18H25NO5/c1-11(19-21)13-8-7-12(9-14(13)20)17-18(24-23-17,15(2,3)4)16(5,6)10-22-17/h7-9,20-21H,10H2,1-6H3/b19-11+. The number of fused-ring (bicyclic) bond motifs is 1. The van der Waals surface area contributed by atoms with Gasteiger partial charge in [-0.05, 0) is 19.1 Å². The quantitative estimate of drug-likeness (QED) is 0.374. The number of hydrogen-bond acceptors (Lipinski definition) is 6. The molecule has 2 N–H and O–H groups in total. The Hall–Kier alpha value is -1.63. The SMILES string of the molecule is C/C(=N\O)c1ccc(C23OCC(C)(C)C2(C(C)(C)C)OO3)cc1O. The molecule has 2 aliphatic rings. The molecular formula is C18H25NO5. The molecule has 3 rings (SSSR count). The molecule has 2 atom stereocenters. The summed E-state index contributed by atoms with van der Waals surface area (Å²) >= 11 is 0. The predicted molar refractivity (Wildman–Crippen MR) is 87.9 cm³/mol. The van der Waals surface area contributed by atoms with Crippen LogP contribution in [0.25, 0.3) is 0 Å². The van der Waals surface area contributed by atoms with E-state index in [0.29, 0.717) is 23.4 Å². The predicted octanol–water partition coefficient (Wildman–Crippen LogP) is 3.55. The van der Waals surface area contributed by atoms with Crippen molar-refractivity contribution in [2.45, 2.75) is 52.9 Å². The van der Waals surface area contributed by atoms with Gasteiger partial charge in [0.1, 0.15) is 5.75 Å². The van der Waals surface area contributed by atoms with Gasteiger partial charge in [-0.25, -0.2) is 4.89 Å². The fourth-order valence-corrected chi connectivity index (χ4v) is 4.33. The number of oxime groups is 1. The molecule has 2 fully saturated rings. The molecule has 1 aromatic carbocycles. The van der Waals surface area contributed by atoms with E-state index in [-0.39, 0.29) is 16.6 Å². The van der Waals surface area contributed by atoms with Gasteiger partial charge in [0.15, 0.2) is 5.60 Å². The average Bonchev–Trinajstić information content (AvgIpc) is 2.60. The number of ether oxygens (including phenoxy) is 1. The molecule has 0 aromatic heterocycles. The zero-order chi connectivity index (χ0) is 18.0. The van der Waals surface area contributed by atoms with Crippen molar-refractivity contribution in [3.8, 4) is 5.75 Å². The Morgan fingerprint density at radius 2 is 1.88 bits per heavy atom. The highest BCUT2D eigenvalue weighted by atomic mass is 17.3. The first-order valence-corrected chi connectivity index (χ1v) is 8.06. The van der Waals surface area contributed by atoms with E-state index in [0.717, 1.165) is 0 Å². The van der Waals surface area contributed by atoms with Crippen molar-refractivity contribution in [3.63, 3.8) is 0 Å². The summed E-state index contributed by atoms with van der Waals surface area (Å²) in [6.45, 7) is 12.6. The summed E-state index contributed by atoms with van der Waals surface area (Å²) in [5, 5.41) is 22.4. The van der Waals surface area contributed by atoms with Gasteiger partial charge in [-0.2, -0.15) is 4.89 Å². The van der Waals surface area contributed by atoms with E-state index in [4.69, 9.17) is 19.7 Å².